The molecule has 0 heterocycles. The SMILES string of the molecule is COc1ccc(S(=O)(=O)NCCN(C(C)=O)C2CCCC2)cc1OC. The topological polar surface area (TPSA) is 84.9 Å². The standard InChI is InChI=1S/C17H26N2O5S/c1-13(20)19(14-6-4-5-7-14)11-10-18-25(21,22)15-8-9-16(23-2)17(12-15)24-3/h8-9,12,14,18H,4-7,10-11H2,1-3H3. The first-order valence-corrected chi connectivity index (χ1v) is 9.86. The van der Waals surface area contributed by atoms with E-state index < -0.39 is 10.0 Å². The van der Waals surface area contributed by atoms with Crippen LogP contribution in [0.2, 0.25) is 0 Å². The van der Waals surface area contributed by atoms with Gasteiger partial charge in [-0.2, -0.15) is 0 Å². The van der Waals surface area contributed by atoms with Crippen LogP contribution >= 0.6 is 0 Å². The Morgan fingerprint density at radius 1 is 1.20 bits per heavy atom. The molecule has 8 heteroatoms. The molecule has 0 saturated heterocycles. The lowest BCUT2D eigenvalue weighted by atomic mass is 10.2. The van der Waals surface area contributed by atoms with Crippen LogP contribution in [0.1, 0.15) is 32.6 Å². The van der Waals surface area contributed by atoms with Gasteiger partial charge >= 0.3 is 0 Å². The lowest BCUT2D eigenvalue weighted by molar-refractivity contribution is -0.130. The summed E-state index contributed by atoms with van der Waals surface area (Å²) < 4.78 is 37.7. The number of sulfonamides is 1. The molecule has 0 aromatic heterocycles. The van der Waals surface area contributed by atoms with Gasteiger partial charge in [-0.3, -0.25) is 4.79 Å². The van der Waals surface area contributed by atoms with Crippen molar-refractivity contribution in [2.75, 3.05) is 27.3 Å². The number of carbonyl (C=O) groups excluding carboxylic acids is 1. The molecule has 1 N–H and O–H groups in total. The van der Waals surface area contributed by atoms with Crippen molar-refractivity contribution >= 4 is 15.9 Å². The van der Waals surface area contributed by atoms with Gasteiger partial charge in [0.2, 0.25) is 15.9 Å². The molecule has 1 fully saturated rings. The van der Waals surface area contributed by atoms with Crippen molar-refractivity contribution in [2.45, 2.75) is 43.5 Å². The second kappa shape index (κ2) is 8.53. The minimum Gasteiger partial charge on any atom is -0.493 e. The third kappa shape index (κ3) is 4.85. The molecule has 1 aliphatic carbocycles. The number of methoxy groups -OCH3 is 2. The van der Waals surface area contributed by atoms with Gasteiger partial charge in [-0.1, -0.05) is 12.8 Å². The molecule has 0 atom stereocenters. The predicted octanol–water partition coefficient (Wildman–Crippen LogP) is 1.77. The summed E-state index contributed by atoms with van der Waals surface area (Å²) in [5, 5.41) is 0. The third-order valence-corrected chi connectivity index (χ3v) is 5.94. The zero-order valence-electron chi connectivity index (χ0n) is 14.9. The smallest absolute Gasteiger partial charge is 0.240 e. The summed E-state index contributed by atoms with van der Waals surface area (Å²) in [6, 6.07) is 4.65. The molecule has 1 aromatic rings. The first-order valence-electron chi connectivity index (χ1n) is 8.38. The molecular formula is C17H26N2O5S. The average Bonchev–Trinajstić information content (AvgIpc) is 3.11. The van der Waals surface area contributed by atoms with Crippen LogP contribution in [0.25, 0.3) is 0 Å². The van der Waals surface area contributed by atoms with Gasteiger partial charge in [-0.15, -0.1) is 0 Å². The van der Waals surface area contributed by atoms with Crippen LogP contribution in [0.5, 0.6) is 11.5 Å². The van der Waals surface area contributed by atoms with Gasteiger partial charge < -0.3 is 14.4 Å². The van der Waals surface area contributed by atoms with E-state index in [1.807, 2.05) is 0 Å². The molecule has 7 nitrogen and oxygen atoms in total. The largest absolute Gasteiger partial charge is 0.493 e. The Morgan fingerprint density at radius 2 is 1.84 bits per heavy atom. The molecule has 25 heavy (non-hydrogen) atoms. The molecule has 1 aromatic carbocycles. The molecule has 0 bridgehead atoms. The second-order valence-corrected chi connectivity index (χ2v) is 7.83. The third-order valence-electron chi connectivity index (χ3n) is 4.48. The Balaban J connectivity index is 2.02. The van der Waals surface area contributed by atoms with Crippen LogP contribution in [0, 0.1) is 0 Å². The van der Waals surface area contributed by atoms with Crippen molar-refractivity contribution in [2.24, 2.45) is 0 Å². The molecule has 0 radical (unpaired) electrons. The van der Waals surface area contributed by atoms with Crippen LogP contribution in [0.15, 0.2) is 23.1 Å². The summed E-state index contributed by atoms with van der Waals surface area (Å²) in [5.41, 5.74) is 0. The van der Waals surface area contributed by atoms with Gasteiger partial charge in [0.05, 0.1) is 19.1 Å². The summed E-state index contributed by atoms with van der Waals surface area (Å²) in [6.45, 7) is 2.07. The fraction of sp³-hybridized carbons (Fsp3) is 0.588. The van der Waals surface area contributed by atoms with Gasteiger partial charge in [0, 0.05) is 32.1 Å². The molecular weight excluding hydrogens is 344 g/mol. The minimum absolute atomic E-state index is 0.0165. The monoisotopic (exact) mass is 370 g/mol. The highest BCUT2D eigenvalue weighted by Crippen LogP contribution is 2.29. The van der Waals surface area contributed by atoms with Crippen molar-refractivity contribution in [1.82, 2.24) is 9.62 Å². The molecule has 0 spiro atoms. The maximum Gasteiger partial charge on any atom is 0.240 e. The van der Waals surface area contributed by atoms with Gasteiger partial charge in [-0.05, 0) is 25.0 Å². The van der Waals surface area contributed by atoms with Crippen LogP contribution in [0.3, 0.4) is 0 Å². The Bertz CT molecular complexity index is 699. The van der Waals surface area contributed by atoms with E-state index in [1.165, 1.54) is 33.3 Å². The van der Waals surface area contributed by atoms with Gasteiger partial charge in [0.1, 0.15) is 0 Å². The average molecular weight is 370 g/mol. The Hall–Kier alpha value is -1.80. The lowest BCUT2D eigenvalue weighted by Gasteiger charge is -2.27. The maximum atomic E-state index is 12.5. The van der Waals surface area contributed by atoms with Crippen molar-refractivity contribution in [3.8, 4) is 11.5 Å². The zero-order chi connectivity index (χ0) is 18.4. The van der Waals surface area contributed by atoms with Gasteiger partial charge in [0.25, 0.3) is 0 Å². The Morgan fingerprint density at radius 3 is 2.40 bits per heavy atom. The zero-order valence-corrected chi connectivity index (χ0v) is 15.8. The molecule has 1 amide bonds. The number of amides is 1. The summed E-state index contributed by atoms with van der Waals surface area (Å²) in [6.07, 6.45) is 4.21. The van der Waals surface area contributed by atoms with Gasteiger partial charge in [0.15, 0.2) is 11.5 Å². The number of ether oxygens (including phenoxy) is 2. The van der Waals surface area contributed by atoms with Gasteiger partial charge in [-0.25, -0.2) is 13.1 Å². The van der Waals surface area contributed by atoms with E-state index in [1.54, 1.807) is 11.0 Å². The van der Waals surface area contributed by atoms with E-state index in [2.05, 4.69) is 4.72 Å². The summed E-state index contributed by atoms with van der Waals surface area (Å²) in [4.78, 5) is 13.7. The quantitative estimate of drug-likeness (QED) is 0.754. The fourth-order valence-corrected chi connectivity index (χ4v) is 4.22. The van der Waals surface area contributed by atoms with Crippen LogP contribution in [-0.4, -0.2) is 52.6 Å². The summed E-state index contributed by atoms with van der Waals surface area (Å²) in [5.74, 6) is 0.796. The lowest BCUT2D eigenvalue weighted by Crippen LogP contribution is -2.42. The number of carbonyl (C=O) groups is 1. The highest BCUT2D eigenvalue weighted by Gasteiger charge is 2.25. The van der Waals surface area contributed by atoms with Crippen molar-refractivity contribution in [3.05, 3.63) is 18.2 Å². The van der Waals surface area contributed by atoms with Crippen molar-refractivity contribution in [3.63, 3.8) is 0 Å². The first-order chi connectivity index (χ1) is 11.9. The Kier molecular flexibility index (Phi) is 6.66. The van der Waals surface area contributed by atoms with Crippen molar-refractivity contribution < 1.29 is 22.7 Å². The number of hydrogen-bond donors (Lipinski definition) is 1. The highest BCUT2D eigenvalue weighted by molar-refractivity contribution is 7.89. The molecule has 0 aliphatic heterocycles. The number of nitrogens with one attached hydrogen (secondary N) is 1. The van der Waals surface area contributed by atoms with E-state index in [0.29, 0.717) is 18.0 Å². The van der Waals surface area contributed by atoms with Crippen LogP contribution in [-0.2, 0) is 14.8 Å². The first kappa shape index (κ1) is 19.5. The molecule has 0 unspecified atom stereocenters. The van der Waals surface area contributed by atoms with E-state index >= 15 is 0 Å². The van der Waals surface area contributed by atoms with E-state index in [9.17, 15) is 13.2 Å². The Labute approximate surface area is 149 Å². The van der Waals surface area contributed by atoms with Crippen LogP contribution < -0.4 is 14.2 Å². The maximum absolute atomic E-state index is 12.5. The van der Waals surface area contributed by atoms with Crippen LogP contribution in [0.4, 0.5) is 0 Å². The van der Waals surface area contributed by atoms with E-state index in [0.717, 1.165) is 25.7 Å². The van der Waals surface area contributed by atoms with Crippen molar-refractivity contribution in [1.29, 1.82) is 0 Å². The number of hydrogen-bond acceptors (Lipinski definition) is 5. The fourth-order valence-electron chi connectivity index (χ4n) is 3.18. The van der Waals surface area contributed by atoms with E-state index in [4.69, 9.17) is 9.47 Å². The molecule has 1 saturated carbocycles. The number of benzene rings is 1. The summed E-state index contributed by atoms with van der Waals surface area (Å²) in [7, 11) is -0.744. The normalized spacial score (nSPS) is 15.2. The number of nitrogens with zero attached hydrogens (tertiary/aromatic N) is 1. The van der Waals surface area contributed by atoms with E-state index in [-0.39, 0.29) is 23.4 Å². The highest BCUT2D eigenvalue weighted by atomic mass is 32.2. The predicted molar refractivity (Wildman–Crippen MR) is 94.4 cm³/mol. The minimum atomic E-state index is -3.69. The molecule has 2 rings (SSSR count). The molecule has 140 valence electrons. The number of rotatable bonds is 8. The molecule has 1 aliphatic rings. The second-order valence-electron chi connectivity index (χ2n) is 6.07. The summed E-state index contributed by atoms with van der Waals surface area (Å²) >= 11 is 0.